The third-order valence-corrected chi connectivity index (χ3v) is 4.98. The second-order valence-electron chi connectivity index (χ2n) is 6.90. The van der Waals surface area contributed by atoms with Gasteiger partial charge in [0.2, 0.25) is 0 Å². The molecule has 1 aliphatic rings. The summed E-state index contributed by atoms with van der Waals surface area (Å²) in [5.74, 6) is 2.13. The Bertz CT molecular complexity index is 766. The highest BCUT2D eigenvalue weighted by atomic mass is 127. The average molecular weight is 493 g/mol. The molecule has 0 saturated carbocycles. The molecule has 6 heteroatoms. The Labute approximate surface area is 186 Å². The van der Waals surface area contributed by atoms with Crippen LogP contribution in [0.4, 0.5) is 0 Å². The maximum absolute atomic E-state index is 4.85. The van der Waals surface area contributed by atoms with Crippen LogP contribution in [0.5, 0.6) is 0 Å². The van der Waals surface area contributed by atoms with E-state index in [-0.39, 0.29) is 24.0 Å². The molecule has 1 aliphatic heterocycles. The normalized spacial score (nSPS) is 14.4. The Hall–Kier alpha value is -1.83. The van der Waals surface area contributed by atoms with Gasteiger partial charge in [0.15, 0.2) is 5.96 Å². The molecule has 0 unspecified atom stereocenters. The smallest absolute Gasteiger partial charge is 0.194 e. The lowest BCUT2D eigenvalue weighted by atomic mass is 10.00. The van der Waals surface area contributed by atoms with Crippen LogP contribution in [0.15, 0.2) is 53.8 Å². The Morgan fingerprint density at radius 3 is 2.68 bits per heavy atom. The summed E-state index contributed by atoms with van der Waals surface area (Å²) in [7, 11) is 0. The van der Waals surface area contributed by atoms with E-state index in [1.807, 2.05) is 12.4 Å². The fourth-order valence-corrected chi connectivity index (χ4v) is 3.42. The molecule has 0 fully saturated rings. The molecule has 2 aromatic rings. The molecule has 2 heterocycles. The molecule has 0 spiro atoms. The van der Waals surface area contributed by atoms with Crippen LogP contribution in [0.1, 0.15) is 37.6 Å². The third-order valence-electron chi connectivity index (χ3n) is 4.98. The van der Waals surface area contributed by atoms with E-state index in [0.717, 1.165) is 63.8 Å². The van der Waals surface area contributed by atoms with Crippen molar-refractivity contribution in [3.8, 4) is 0 Å². The van der Waals surface area contributed by atoms with Crippen molar-refractivity contribution in [2.24, 2.45) is 4.99 Å². The number of nitrogens with zero attached hydrogens (tertiary/aromatic N) is 4. The number of nitrogens with one attached hydrogen (secondary N) is 1. The lowest BCUT2D eigenvalue weighted by Gasteiger charge is -2.30. The zero-order valence-electron chi connectivity index (χ0n) is 17.0. The van der Waals surface area contributed by atoms with Gasteiger partial charge < -0.3 is 14.8 Å². The van der Waals surface area contributed by atoms with Crippen molar-refractivity contribution in [2.45, 2.75) is 39.7 Å². The summed E-state index contributed by atoms with van der Waals surface area (Å²) in [6, 6.07) is 10.7. The molecule has 1 aromatic heterocycles. The lowest BCUT2D eigenvalue weighted by molar-refractivity contribution is 0.439. The molecule has 0 bridgehead atoms. The number of guanidine groups is 1. The largest absolute Gasteiger partial charge is 0.357 e. The van der Waals surface area contributed by atoms with Gasteiger partial charge in [-0.3, -0.25) is 4.99 Å². The van der Waals surface area contributed by atoms with Crippen LogP contribution in [-0.2, 0) is 6.54 Å². The second kappa shape index (κ2) is 11.9. The second-order valence-corrected chi connectivity index (χ2v) is 6.90. The first-order valence-corrected chi connectivity index (χ1v) is 10.0. The molecule has 0 saturated heterocycles. The number of aliphatic imine (C=N–C) groups is 1. The number of imidazole rings is 1. The fourth-order valence-electron chi connectivity index (χ4n) is 3.42. The number of hydrogen-bond donors (Lipinski definition) is 1. The summed E-state index contributed by atoms with van der Waals surface area (Å²) in [6.45, 7) is 8.90. The van der Waals surface area contributed by atoms with Crippen LogP contribution in [0.3, 0.4) is 0 Å². The van der Waals surface area contributed by atoms with E-state index in [2.05, 4.69) is 70.0 Å². The van der Waals surface area contributed by atoms with Crippen molar-refractivity contribution in [1.29, 1.82) is 0 Å². The maximum atomic E-state index is 4.85. The molecule has 1 aromatic carbocycles. The number of aromatic nitrogens is 2. The minimum atomic E-state index is 0. The highest BCUT2D eigenvalue weighted by Crippen LogP contribution is 2.21. The van der Waals surface area contributed by atoms with Gasteiger partial charge in [-0.25, -0.2) is 4.98 Å². The van der Waals surface area contributed by atoms with Crippen LogP contribution in [0.2, 0.25) is 0 Å². The quantitative estimate of drug-likeness (QED) is 0.270. The van der Waals surface area contributed by atoms with E-state index in [1.54, 1.807) is 0 Å². The van der Waals surface area contributed by atoms with E-state index in [4.69, 9.17) is 4.99 Å². The molecule has 0 amide bonds. The van der Waals surface area contributed by atoms with Crippen LogP contribution >= 0.6 is 24.0 Å². The summed E-state index contributed by atoms with van der Waals surface area (Å²) in [5, 5.41) is 3.45. The van der Waals surface area contributed by atoms with Crippen LogP contribution in [0, 0.1) is 6.92 Å². The van der Waals surface area contributed by atoms with E-state index in [0.29, 0.717) is 0 Å². The van der Waals surface area contributed by atoms with Gasteiger partial charge in [0.1, 0.15) is 5.82 Å². The zero-order chi connectivity index (χ0) is 18.9. The zero-order valence-corrected chi connectivity index (χ0v) is 19.3. The molecule has 28 heavy (non-hydrogen) atoms. The Kier molecular flexibility index (Phi) is 9.54. The standard InChI is InChI=1S/C22H31N5.HI/c1-3-23-22(25-13-7-8-15-26-18-14-24-19(26)2)27-16-11-21(12-17-27)20-9-5-4-6-10-20;/h4-6,9-11,14,18H,3,7-8,12-13,15-17H2,1-2H3,(H,23,25);1H. The predicted molar refractivity (Wildman–Crippen MR) is 128 cm³/mol. The lowest BCUT2D eigenvalue weighted by Crippen LogP contribution is -2.43. The minimum Gasteiger partial charge on any atom is -0.357 e. The van der Waals surface area contributed by atoms with Gasteiger partial charge in [-0.15, -0.1) is 24.0 Å². The minimum absolute atomic E-state index is 0. The topological polar surface area (TPSA) is 45.5 Å². The number of hydrogen-bond acceptors (Lipinski definition) is 2. The summed E-state index contributed by atoms with van der Waals surface area (Å²) in [6.07, 6.45) is 9.53. The van der Waals surface area contributed by atoms with Crippen molar-refractivity contribution in [3.05, 3.63) is 60.2 Å². The number of unbranched alkanes of at least 4 members (excludes halogenated alkanes) is 1. The Morgan fingerprint density at radius 2 is 2.04 bits per heavy atom. The van der Waals surface area contributed by atoms with Gasteiger partial charge in [-0.05, 0) is 44.2 Å². The van der Waals surface area contributed by atoms with Crippen molar-refractivity contribution < 1.29 is 0 Å². The molecule has 0 aliphatic carbocycles. The Balaban J connectivity index is 0.00000280. The summed E-state index contributed by atoms with van der Waals surface area (Å²) < 4.78 is 2.20. The van der Waals surface area contributed by atoms with Crippen molar-refractivity contribution in [1.82, 2.24) is 19.8 Å². The molecule has 0 atom stereocenters. The molecule has 0 radical (unpaired) electrons. The number of halogens is 1. The van der Waals surface area contributed by atoms with Crippen molar-refractivity contribution in [3.63, 3.8) is 0 Å². The number of benzene rings is 1. The first-order chi connectivity index (χ1) is 13.3. The van der Waals surface area contributed by atoms with Gasteiger partial charge in [0, 0.05) is 45.1 Å². The Morgan fingerprint density at radius 1 is 1.21 bits per heavy atom. The van der Waals surface area contributed by atoms with Crippen LogP contribution in [0.25, 0.3) is 5.57 Å². The number of aryl methyl sites for hydroxylation is 2. The molecule has 1 N–H and O–H groups in total. The fraction of sp³-hybridized carbons (Fsp3) is 0.455. The van der Waals surface area contributed by atoms with Gasteiger partial charge >= 0.3 is 0 Å². The van der Waals surface area contributed by atoms with Crippen LogP contribution < -0.4 is 5.32 Å². The maximum Gasteiger partial charge on any atom is 0.194 e. The van der Waals surface area contributed by atoms with Crippen molar-refractivity contribution >= 4 is 35.5 Å². The summed E-state index contributed by atoms with van der Waals surface area (Å²) >= 11 is 0. The highest BCUT2D eigenvalue weighted by molar-refractivity contribution is 14.0. The van der Waals surface area contributed by atoms with E-state index < -0.39 is 0 Å². The monoisotopic (exact) mass is 493 g/mol. The third kappa shape index (κ3) is 6.36. The number of rotatable bonds is 7. The van der Waals surface area contributed by atoms with Gasteiger partial charge in [-0.2, -0.15) is 0 Å². The SMILES string of the molecule is CCNC(=NCCCCn1ccnc1C)N1CC=C(c2ccccc2)CC1.I. The molecule has 152 valence electrons. The molecule has 3 rings (SSSR count). The predicted octanol–water partition coefficient (Wildman–Crippen LogP) is 4.34. The first kappa shape index (κ1) is 22.5. The molecular formula is C22H32IN5. The summed E-state index contributed by atoms with van der Waals surface area (Å²) in [4.78, 5) is 11.5. The van der Waals surface area contributed by atoms with E-state index >= 15 is 0 Å². The average Bonchev–Trinajstić information content (AvgIpc) is 3.12. The van der Waals surface area contributed by atoms with Crippen molar-refractivity contribution in [2.75, 3.05) is 26.2 Å². The van der Waals surface area contributed by atoms with Gasteiger partial charge in [-0.1, -0.05) is 36.4 Å². The first-order valence-electron chi connectivity index (χ1n) is 10.0. The van der Waals surface area contributed by atoms with E-state index in [9.17, 15) is 0 Å². The van der Waals surface area contributed by atoms with Crippen LogP contribution in [-0.4, -0.2) is 46.6 Å². The summed E-state index contributed by atoms with van der Waals surface area (Å²) in [5.41, 5.74) is 2.78. The molecular weight excluding hydrogens is 461 g/mol. The molecule has 5 nitrogen and oxygen atoms in total. The highest BCUT2D eigenvalue weighted by Gasteiger charge is 2.15. The van der Waals surface area contributed by atoms with E-state index in [1.165, 1.54) is 11.1 Å². The van der Waals surface area contributed by atoms with Gasteiger partial charge in [0.25, 0.3) is 0 Å². The van der Waals surface area contributed by atoms with Gasteiger partial charge in [0.05, 0.1) is 0 Å².